The fourth-order valence-electron chi connectivity index (χ4n) is 4.20. The third-order valence-electron chi connectivity index (χ3n) is 6.73. The third kappa shape index (κ3) is 16.1. The van der Waals surface area contributed by atoms with Gasteiger partial charge in [-0.05, 0) is 30.9 Å². The van der Waals surface area contributed by atoms with E-state index in [0.717, 1.165) is 25.9 Å². The van der Waals surface area contributed by atoms with Gasteiger partial charge >= 0.3 is 11.9 Å². The zero-order valence-corrected chi connectivity index (χ0v) is 24.1. The summed E-state index contributed by atoms with van der Waals surface area (Å²) in [6.07, 6.45) is 13.4. The van der Waals surface area contributed by atoms with Crippen molar-refractivity contribution >= 4 is 11.9 Å². The first kappa shape index (κ1) is 34.1. The van der Waals surface area contributed by atoms with E-state index < -0.39 is 11.9 Å². The van der Waals surface area contributed by atoms with Crippen molar-refractivity contribution in [2.45, 2.75) is 104 Å². The molecule has 0 spiro atoms. The van der Waals surface area contributed by atoms with Crippen LogP contribution in [0.2, 0.25) is 0 Å². The molecular weight excluding hydrogens is 484 g/mol. The smallest absolute Gasteiger partial charge is 0.339 e. The van der Waals surface area contributed by atoms with Gasteiger partial charge in [-0.1, -0.05) is 90.7 Å². The van der Waals surface area contributed by atoms with Gasteiger partial charge in [0.1, 0.15) is 6.61 Å². The molecule has 0 aliphatic heterocycles. The molecule has 38 heavy (non-hydrogen) atoms. The molecule has 0 radical (unpaired) electrons. The van der Waals surface area contributed by atoms with E-state index in [4.69, 9.17) is 18.9 Å². The number of benzene rings is 1. The van der Waals surface area contributed by atoms with Gasteiger partial charge < -0.3 is 24.1 Å². The molecule has 0 aliphatic rings. The minimum absolute atomic E-state index is 0.0450. The number of ether oxygens (including phenoxy) is 4. The summed E-state index contributed by atoms with van der Waals surface area (Å²) in [5.41, 5.74) is -0.0232. The standard InChI is InChI=1S/C31H52O7/c1-4-7-9-10-11-12-15-20-37-27(19-21-35-22-23-36-24-26(6-3)16-8-5-2)25-38-31(34)29-18-14-13-17-28(29)30(32)33/h13-14,17-18,26-27H,4-12,15-16,19-25H2,1-3H3,(H,32,33). The van der Waals surface area contributed by atoms with Crippen molar-refractivity contribution in [2.75, 3.05) is 39.6 Å². The summed E-state index contributed by atoms with van der Waals surface area (Å²) in [6.45, 7) is 9.61. The lowest BCUT2D eigenvalue weighted by Gasteiger charge is -2.19. The largest absolute Gasteiger partial charge is 0.478 e. The number of hydrogen-bond acceptors (Lipinski definition) is 6. The van der Waals surface area contributed by atoms with Gasteiger partial charge in [0.2, 0.25) is 0 Å². The highest BCUT2D eigenvalue weighted by Crippen LogP contribution is 2.14. The van der Waals surface area contributed by atoms with Crippen molar-refractivity contribution in [3.05, 3.63) is 35.4 Å². The van der Waals surface area contributed by atoms with Crippen LogP contribution in [0.4, 0.5) is 0 Å². The SMILES string of the molecule is CCCCCCCCCOC(CCOCCOCC(CC)CCCC)COC(=O)c1ccccc1C(=O)O. The molecule has 1 N–H and O–H groups in total. The molecule has 2 atom stereocenters. The number of aromatic carboxylic acids is 1. The molecule has 1 rings (SSSR count). The molecular formula is C31H52O7. The number of carbonyl (C=O) groups excluding carboxylic acids is 1. The van der Waals surface area contributed by atoms with Crippen molar-refractivity contribution in [1.29, 1.82) is 0 Å². The first-order valence-corrected chi connectivity index (χ1v) is 14.8. The third-order valence-corrected chi connectivity index (χ3v) is 6.73. The minimum atomic E-state index is -1.16. The van der Waals surface area contributed by atoms with Gasteiger partial charge in [0, 0.05) is 26.2 Å². The second kappa shape index (κ2) is 23.0. The predicted octanol–water partition coefficient (Wildman–Crippen LogP) is 7.32. The van der Waals surface area contributed by atoms with Crippen LogP contribution in [0.1, 0.15) is 119 Å². The summed E-state index contributed by atoms with van der Waals surface area (Å²) in [4.78, 5) is 24.0. The Morgan fingerprint density at radius 2 is 1.39 bits per heavy atom. The van der Waals surface area contributed by atoms with Crippen molar-refractivity contribution in [1.82, 2.24) is 0 Å². The normalized spacial score (nSPS) is 12.8. The topological polar surface area (TPSA) is 91.3 Å². The van der Waals surface area contributed by atoms with E-state index >= 15 is 0 Å². The average Bonchev–Trinajstić information content (AvgIpc) is 2.93. The lowest BCUT2D eigenvalue weighted by atomic mass is 10.0. The monoisotopic (exact) mass is 536 g/mol. The average molecular weight is 537 g/mol. The minimum Gasteiger partial charge on any atom is -0.478 e. The van der Waals surface area contributed by atoms with E-state index in [1.165, 1.54) is 63.5 Å². The van der Waals surface area contributed by atoms with Gasteiger partial charge in [-0.25, -0.2) is 9.59 Å². The van der Waals surface area contributed by atoms with Gasteiger partial charge in [-0.3, -0.25) is 0 Å². The number of unbranched alkanes of at least 4 members (excludes halogenated alkanes) is 7. The number of carbonyl (C=O) groups is 2. The van der Waals surface area contributed by atoms with E-state index in [0.29, 0.717) is 38.8 Å². The first-order valence-electron chi connectivity index (χ1n) is 14.8. The van der Waals surface area contributed by atoms with Gasteiger partial charge in [0.05, 0.1) is 30.4 Å². The Kier molecular flexibility index (Phi) is 20.6. The molecule has 0 aliphatic carbocycles. The maximum atomic E-state index is 12.6. The van der Waals surface area contributed by atoms with E-state index in [-0.39, 0.29) is 23.8 Å². The van der Waals surface area contributed by atoms with Crippen molar-refractivity contribution < 1.29 is 33.6 Å². The van der Waals surface area contributed by atoms with E-state index in [1.54, 1.807) is 12.1 Å². The van der Waals surface area contributed by atoms with Crippen LogP contribution in [0.5, 0.6) is 0 Å². The summed E-state index contributed by atoms with van der Waals surface area (Å²) in [6, 6.07) is 6.08. The lowest BCUT2D eigenvalue weighted by Crippen LogP contribution is -2.25. The summed E-state index contributed by atoms with van der Waals surface area (Å²) in [5, 5.41) is 9.35. The molecule has 0 saturated heterocycles. The Morgan fingerprint density at radius 1 is 0.737 bits per heavy atom. The molecule has 7 heteroatoms. The quantitative estimate of drug-likeness (QED) is 0.103. The predicted molar refractivity (Wildman–Crippen MR) is 151 cm³/mol. The molecule has 7 nitrogen and oxygen atoms in total. The highest BCUT2D eigenvalue weighted by atomic mass is 16.6. The molecule has 0 saturated carbocycles. The van der Waals surface area contributed by atoms with Crippen LogP contribution < -0.4 is 0 Å². The molecule has 0 bridgehead atoms. The summed E-state index contributed by atoms with van der Waals surface area (Å²) in [5.74, 6) is -1.20. The van der Waals surface area contributed by atoms with E-state index in [2.05, 4.69) is 20.8 Å². The van der Waals surface area contributed by atoms with Crippen LogP contribution >= 0.6 is 0 Å². The maximum Gasteiger partial charge on any atom is 0.339 e. The maximum absolute atomic E-state index is 12.6. The Balaban J connectivity index is 2.43. The molecule has 2 unspecified atom stereocenters. The number of hydrogen-bond donors (Lipinski definition) is 1. The number of carboxylic acids is 1. The summed E-state index contributed by atoms with van der Waals surface area (Å²) in [7, 11) is 0. The van der Waals surface area contributed by atoms with Gasteiger partial charge in [-0.2, -0.15) is 0 Å². The second-order valence-corrected chi connectivity index (χ2v) is 9.96. The summed E-state index contributed by atoms with van der Waals surface area (Å²) >= 11 is 0. The van der Waals surface area contributed by atoms with Gasteiger partial charge in [0.15, 0.2) is 0 Å². The van der Waals surface area contributed by atoms with Crippen LogP contribution in [-0.4, -0.2) is 62.8 Å². The summed E-state index contributed by atoms with van der Waals surface area (Å²) < 4.78 is 23.1. The van der Waals surface area contributed by atoms with E-state index in [9.17, 15) is 14.7 Å². The molecule has 0 aromatic heterocycles. The number of rotatable bonds is 25. The van der Waals surface area contributed by atoms with Crippen LogP contribution in [-0.2, 0) is 18.9 Å². The molecule has 0 heterocycles. The van der Waals surface area contributed by atoms with Crippen LogP contribution in [0.25, 0.3) is 0 Å². The lowest BCUT2D eigenvalue weighted by molar-refractivity contribution is -0.0303. The number of esters is 1. The van der Waals surface area contributed by atoms with E-state index in [1.807, 2.05) is 0 Å². The van der Waals surface area contributed by atoms with Gasteiger partial charge in [0.25, 0.3) is 0 Å². The Bertz CT molecular complexity index is 737. The molecule has 0 fully saturated rings. The zero-order chi connectivity index (χ0) is 27.8. The first-order chi connectivity index (χ1) is 18.5. The van der Waals surface area contributed by atoms with Crippen LogP contribution in [0.3, 0.4) is 0 Å². The molecule has 218 valence electrons. The van der Waals surface area contributed by atoms with Gasteiger partial charge in [-0.15, -0.1) is 0 Å². The second-order valence-electron chi connectivity index (χ2n) is 9.96. The Labute approximate surface area is 230 Å². The van der Waals surface area contributed by atoms with Crippen LogP contribution in [0, 0.1) is 5.92 Å². The molecule has 1 aromatic carbocycles. The Hall–Kier alpha value is -1.96. The van der Waals surface area contributed by atoms with Crippen molar-refractivity contribution in [3.63, 3.8) is 0 Å². The fraction of sp³-hybridized carbons (Fsp3) is 0.742. The van der Waals surface area contributed by atoms with Crippen molar-refractivity contribution in [3.8, 4) is 0 Å². The Morgan fingerprint density at radius 3 is 2.08 bits per heavy atom. The zero-order valence-electron chi connectivity index (χ0n) is 24.1. The molecule has 1 aromatic rings. The van der Waals surface area contributed by atoms with Crippen molar-refractivity contribution in [2.24, 2.45) is 5.92 Å². The van der Waals surface area contributed by atoms with Crippen LogP contribution in [0.15, 0.2) is 24.3 Å². The fourth-order valence-corrected chi connectivity index (χ4v) is 4.20. The highest BCUT2D eigenvalue weighted by molar-refractivity contribution is 6.02. The molecule has 0 amide bonds. The highest BCUT2D eigenvalue weighted by Gasteiger charge is 2.19. The number of carboxylic acid groups (broad SMARTS) is 1.